The Morgan fingerprint density at radius 1 is 1.38 bits per heavy atom. The molecule has 1 aliphatic heterocycles. The fourth-order valence-corrected chi connectivity index (χ4v) is 4.32. The van der Waals surface area contributed by atoms with Crippen LogP contribution >= 0.6 is 0 Å². The Kier molecular flexibility index (Phi) is 9.09. The summed E-state index contributed by atoms with van der Waals surface area (Å²) in [6.45, 7) is 3.74. The van der Waals surface area contributed by atoms with Crippen LogP contribution in [0.1, 0.15) is 37.8 Å². The SMILES string of the molecule is C#Cc1cc(CC2(C(F)(F)F)C=CC(C=C(OC)C(N)=O)=C(CC(C)CC)N2)cc(F)c1NS(C)(=O)=O. The number of hydrogen-bond donors (Lipinski definition) is 3. The van der Waals surface area contributed by atoms with Crippen molar-refractivity contribution in [3.8, 4) is 12.3 Å². The zero-order chi connectivity index (χ0) is 28.2. The maximum absolute atomic E-state index is 14.8. The van der Waals surface area contributed by atoms with Gasteiger partial charge in [-0.05, 0) is 47.8 Å². The average molecular weight is 544 g/mol. The van der Waals surface area contributed by atoms with E-state index in [9.17, 15) is 30.8 Å². The van der Waals surface area contributed by atoms with Gasteiger partial charge in [-0.25, -0.2) is 12.8 Å². The van der Waals surface area contributed by atoms with Gasteiger partial charge in [-0.1, -0.05) is 32.3 Å². The predicted molar refractivity (Wildman–Crippen MR) is 133 cm³/mol. The number of sulfonamides is 1. The van der Waals surface area contributed by atoms with Crippen molar-refractivity contribution in [2.24, 2.45) is 11.7 Å². The van der Waals surface area contributed by atoms with Crippen LogP contribution in [0.5, 0.6) is 0 Å². The molecule has 0 saturated carbocycles. The average Bonchev–Trinajstić information content (AvgIpc) is 2.78. The molecule has 0 spiro atoms. The van der Waals surface area contributed by atoms with Crippen molar-refractivity contribution >= 4 is 21.6 Å². The summed E-state index contributed by atoms with van der Waals surface area (Å²) in [5.41, 5.74) is 2.21. The van der Waals surface area contributed by atoms with E-state index >= 15 is 0 Å². The van der Waals surface area contributed by atoms with E-state index in [1.54, 1.807) is 0 Å². The molecule has 0 radical (unpaired) electrons. The van der Waals surface area contributed by atoms with Gasteiger partial charge in [0.15, 0.2) is 11.3 Å². The van der Waals surface area contributed by atoms with Crippen LogP contribution in [0.4, 0.5) is 23.2 Å². The van der Waals surface area contributed by atoms with Gasteiger partial charge in [0.25, 0.3) is 5.91 Å². The third kappa shape index (κ3) is 7.29. The fraction of sp³-hybridized carbons (Fsp3) is 0.400. The Balaban J connectivity index is 2.63. The summed E-state index contributed by atoms with van der Waals surface area (Å²) in [5, 5.41) is 2.58. The molecule has 4 N–H and O–H groups in total. The van der Waals surface area contributed by atoms with E-state index in [4.69, 9.17) is 16.9 Å². The second-order valence-corrected chi connectivity index (χ2v) is 10.6. The zero-order valence-electron chi connectivity index (χ0n) is 20.8. The number of dihydropyridines is 1. The summed E-state index contributed by atoms with van der Waals surface area (Å²) < 4.78 is 88.5. The third-order valence-corrected chi connectivity index (χ3v) is 6.43. The highest BCUT2D eigenvalue weighted by Crippen LogP contribution is 2.40. The van der Waals surface area contributed by atoms with E-state index in [0.717, 1.165) is 24.5 Å². The van der Waals surface area contributed by atoms with Crippen LogP contribution in [-0.4, -0.2) is 39.4 Å². The molecule has 37 heavy (non-hydrogen) atoms. The molecule has 12 heteroatoms. The van der Waals surface area contributed by atoms with Gasteiger partial charge in [-0.15, -0.1) is 6.42 Å². The maximum Gasteiger partial charge on any atom is 0.415 e. The first-order valence-electron chi connectivity index (χ1n) is 11.1. The molecule has 202 valence electrons. The lowest BCUT2D eigenvalue weighted by molar-refractivity contribution is -0.180. The van der Waals surface area contributed by atoms with Crippen molar-refractivity contribution in [3.63, 3.8) is 0 Å². The highest BCUT2D eigenvalue weighted by atomic mass is 32.2. The van der Waals surface area contributed by atoms with Crippen molar-refractivity contribution in [2.45, 2.75) is 44.8 Å². The van der Waals surface area contributed by atoms with E-state index in [-0.39, 0.29) is 40.5 Å². The van der Waals surface area contributed by atoms with Gasteiger partial charge in [0, 0.05) is 12.1 Å². The predicted octanol–water partition coefficient (Wildman–Crippen LogP) is 3.89. The Morgan fingerprint density at radius 2 is 2.03 bits per heavy atom. The minimum absolute atomic E-state index is 0.0188. The molecule has 0 fully saturated rings. The summed E-state index contributed by atoms with van der Waals surface area (Å²) in [5.74, 6) is -0.145. The topological polar surface area (TPSA) is 111 Å². The number of primary amides is 1. The molecule has 0 saturated heterocycles. The molecule has 7 nitrogen and oxygen atoms in total. The number of amides is 1. The van der Waals surface area contributed by atoms with E-state index in [2.05, 4.69) is 11.2 Å². The van der Waals surface area contributed by atoms with Gasteiger partial charge in [-0.3, -0.25) is 9.52 Å². The van der Waals surface area contributed by atoms with Crippen molar-refractivity contribution in [2.75, 3.05) is 18.1 Å². The van der Waals surface area contributed by atoms with E-state index in [1.165, 1.54) is 19.3 Å². The Labute approximate surface area is 213 Å². The number of benzene rings is 1. The number of anilines is 1. The second kappa shape index (κ2) is 11.3. The minimum Gasteiger partial charge on any atom is -0.491 e. The van der Waals surface area contributed by atoms with Crippen molar-refractivity contribution in [3.05, 3.63) is 64.3 Å². The van der Waals surface area contributed by atoms with Crippen LogP contribution in [0, 0.1) is 24.1 Å². The number of alkyl halides is 3. The minimum atomic E-state index is -4.84. The highest BCUT2D eigenvalue weighted by molar-refractivity contribution is 7.92. The first-order chi connectivity index (χ1) is 17.1. The second-order valence-electron chi connectivity index (χ2n) is 8.85. The first-order valence-corrected chi connectivity index (χ1v) is 13.0. The number of halogens is 4. The van der Waals surface area contributed by atoms with Crippen molar-refractivity contribution < 1.29 is 35.5 Å². The van der Waals surface area contributed by atoms with Crippen LogP contribution in [-0.2, 0) is 26.0 Å². The zero-order valence-corrected chi connectivity index (χ0v) is 21.6. The molecule has 0 bridgehead atoms. The van der Waals surface area contributed by atoms with Gasteiger partial charge >= 0.3 is 6.18 Å². The van der Waals surface area contributed by atoms with Crippen LogP contribution in [0.3, 0.4) is 0 Å². The normalized spacial score (nSPS) is 19.2. The molecule has 1 aromatic rings. The summed E-state index contributed by atoms with van der Waals surface area (Å²) >= 11 is 0. The van der Waals surface area contributed by atoms with Crippen molar-refractivity contribution in [1.29, 1.82) is 0 Å². The van der Waals surface area contributed by atoms with Gasteiger partial charge in [0.05, 0.1) is 24.6 Å². The molecule has 0 aliphatic carbocycles. The Hall–Kier alpha value is -3.46. The molecular weight excluding hydrogens is 514 g/mol. The Morgan fingerprint density at radius 3 is 2.51 bits per heavy atom. The maximum atomic E-state index is 14.8. The van der Waals surface area contributed by atoms with E-state index in [1.807, 2.05) is 18.6 Å². The van der Waals surface area contributed by atoms with Gasteiger partial charge < -0.3 is 15.8 Å². The molecule has 1 aromatic carbocycles. The molecular formula is C25H29F4N3O4S. The number of ether oxygens (including phenoxy) is 1. The molecule has 2 rings (SSSR count). The summed E-state index contributed by atoms with van der Waals surface area (Å²) in [7, 11) is -2.68. The fourth-order valence-electron chi connectivity index (χ4n) is 3.74. The number of terminal acetylenes is 1. The summed E-state index contributed by atoms with van der Waals surface area (Å²) in [4.78, 5) is 11.6. The molecule has 1 amide bonds. The smallest absolute Gasteiger partial charge is 0.415 e. The Bertz CT molecular complexity index is 1290. The van der Waals surface area contributed by atoms with Crippen LogP contribution in [0.2, 0.25) is 0 Å². The van der Waals surface area contributed by atoms with Crippen LogP contribution < -0.4 is 15.8 Å². The number of carbonyl (C=O) groups excluding carboxylic acids is 1. The standard InChI is InChI=1S/C25H29F4N3O4S/c1-6-15(3)10-20-18(13-21(36-4)23(30)33)8-9-24(31-20,25(27,28)29)14-16-11-17(7-2)22(19(26)12-16)32-37(5,34)35/h2,8-9,11-13,15,31-32H,6,10,14H2,1,3-5H3,(H2,30,33). The highest BCUT2D eigenvalue weighted by Gasteiger charge is 2.54. The van der Waals surface area contributed by atoms with Crippen LogP contribution in [0.15, 0.2) is 47.4 Å². The van der Waals surface area contributed by atoms with Crippen LogP contribution in [0.25, 0.3) is 0 Å². The number of rotatable bonds is 10. The van der Waals surface area contributed by atoms with E-state index in [0.29, 0.717) is 6.42 Å². The summed E-state index contributed by atoms with van der Waals surface area (Å²) in [6, 6.07) is 1.93. The number of methoxy groups -OCH3 is 1. The van der Waals surface area contributed by atoms with Gasteiger partial charge in [-0.2, -0.15) is 13.2 Å². The molecule has 1 heterocycles. The quantitative estimate of drug-likeness (QED) is 0.180. The summed E-state index contributed by atoms with van der Waals surface area (Å²) in [6.07, 6.45) is 4.80. The number of nitrogens with one attached hydrogen (secondary N) is 2. The number of nitrogens with two attached hydrogens (primary N) is 1. The number of hydrogen-bond acceptors (Lipinski definition) is 5. The number of carbonyl (C=O) groups is 1. The third-order valence-electron chi connectivity index (χ3n) is 5.85. The monoisotopic (exact) mass is 543 g/mol. The lowest BCUT2D eigenvalue weighted by atomic mass is 9.83. The largest absolute Gasteiger partial charge is 0.491 e. The molecule has 1 aliphatic rings. The first kappa shape index (κ1) is 29.8. The molecule has 2 atom stereocenters. The number of allylic oxidation sites excluding steroid dienone is 4. The van der Waals surface area contributed by atoms with E-state index < -0.39 is 45.6 Å². The lowest BCUT2D eigenvalue weighted by Gasteiger charge is -2.39. The van der Waals surface area contributed by atoms with Gasteiger partial charge in [0.2, 0.25) is 10.0 Å². The van der Waals surface area contributed by atoms with Crippen molar-refractivity contribution in [1.82, 2.24) is 5.32 Å². The van der Waals surface area contributed by atoms with Gasteiger partial charge in [0.1, 0.15) is 5.82 Å². The lowest BCUT2D eigenvalue weighted by Crippen LogP contribution is -2.58. The molecule has 0 aromatic heterocycles. The molecule has 2 unspecified atom stereocenters.